The normalized spacial score (nSPS) is 13.1. The number of allylic oxidation sites excluding steroid dienone is 20. The van der Waals surface area contributed by atoms with Gasteiger partial charge in [-0.1, -0.05) is 200 Å². The van der Waals surface area contributed by atoms with E-state index in [-0.39, 0.29) is 31.1 Å². The van der Waals surface area contributed by atoms with Crippen molar-refractivity contribution in [2.75, 3.05) is 13.2 Å². The molecule has 0 aromatic heterocycles. The van der Waals surface area contributed by atoms with Crippen LogP contribution in [0, 0.1) is 0 Å². The molecule has 0 radical (unpaired) electrons. The van der Waals surface area contributed by atoms with Crippen LogP contribution in [0.25, 0.3) is 0 Å². The topological polar surface area (TPSA) is 78.9 Å². The van der Waals surface area contributed by atoms with Crippen LogP contribution >= 0.6 is 0 Å². The number of carbonyl (C=O) groups is 3. The minimum Gasteiger partial charge on any atom is -0.462 e. The van der Waals surface area contributed by atoms with Crippen molar-refractivity contribution in [3.8, 4) is 0 Å². The molecule has 1 unspecified atom stereocenters. The van der Waals surface area contributed by atoms with E-state index in [9.17, 15) is 14.4 Å². The van der Waals surface area contributed by atoms with Crippen LogP contribution < -0.4 is 0 Å². The molecule has 0 fully saturated rings. The molecule has 0 N–H and O–H groups in total. The predicted octanol–water partition coefficient (Wildman–Crippen LogP) is 16.5. The summed E-state index contributed by atoms with van der Waals surface area (Å²) in [7, 11) is 0. The van der Waals surface area contributed by atoms with Crippen LogP contribution in [0.3, 0.4) is 0 Å². The van der Waals surface area contributed by atoms with Crippen LogP contribution in [0.4, 0.5) is 0 Å². The van der Waals surface area contributed by atoms with Gasteiger partial charge in [0, 0.05) is 19.3 Å². The molecule has 0 saturated carbocycles. The van der Waals surface area contributed by atoms with E-state index in [0.29, 0.717) is 19.3 Å². The van der Waals surface area contributed by atoms with Crippen LogP contribution in [0.2, 0.25) is 0 Å². The van der Waals surface area contributed by atoms with Crippen LogP contribution in [-0.4, -0.2) is 37.2 Å². The molecule has 0 rings (SSSR count). The molecular formula is C57H90O6. The van der Waals surface area contributed by atoms with E-state index in [1.807, 2.05) is 36.5 Å². The average Bonchev–Trinajstić information content (AvgIpc) is 3.28. The van der Waals surface area contributed by atoms with Crippen LogP contribution in [0.15, 0.2) is 122 Å². The second-order valence-corrected chi connectivity index (χ2v) is 16.0. The maximum Gasteiger partial charge on any atom is 0.306 e. The van der Waals surface area contributed by atoms with Gasteiger partial charge in [-0.3, -0.25) is 14.4 Å². The number of esters is 3. The van der Waals surface area contributed by atoms with Crippen molar-refractivity contribution >= 4 is 17.9 Å². The first-order valence-electron chi connectivity index (χ1n) is 25.1. The van der Waals surface area contributed by atoms with Gasteiger partial charge in [0.15, 0.2) is 6.10 Å². The second-order valence-electron chi connectivity index (χ2n) is 16.0. The second kappa shape index (κ2) is 50.5. The number of carbonyl (C=O) groups excluding carboxylic acids is 3. The lowest BCUT2D eigenvalue weighted by Crippen LogP contribution is -2.30. The van der Waals surface area contributed by atoms with Crippen molar-refractivity contribution in [1.29, 1.82) is 0 Å². The Kier molecular flexibility index (Phi) is 47.1. The third-order valence-electron chi connectivity index (χ3n) is 10.0. The molecule has 0 spiro atoms. The molecule has 0 bridgehead atoms. The summed E-state index contributed by atoms with van der Waals surface area (Å²) in [6.45, 7) is 6.20. The van der Waals surface area contributed by atoms with E-state index in [1.54, 1.807) is 0 Å². The van der Waals surface area contributed by atoms with Gasteiger partial charge in [0.25, 0.3) is 0 Å². The largest absolute Gasteiger partial charge is 0.462 e. The van der Waals surface area contributed by atoms with Gasteiger partial charge in [-0.05, 0) is 103 Å². The first-order valence-corrected chi connectivity index (χ1v) is 25.1. The highest BCUT2D eigenvalue weighted by Gasteiger charge is 2.19. The fourth-order valence-electron chi connectivity index (χ4n) is 6.36. The SMILES string of the molecule is CC/C=C/C=C/C=C/C=C/CCCCCC(=O)OCC(COC(=O)CCCCCCCC/C=C/C/C=C/C/C=C/CC)OC(=O)CCCCCCCC/C=C/C/C=C/C/C=C/CC. The van der Waals surface area contributed by atoms with E-state index in [0.717, 1.165) is 135 Å². The highest BCUT2D eigenvalue weighted by atomic mass is 16.6. The molecule has 63 heavy (non-hydrogen) atoms. The summed E-state index contributed by atoms with van der Waals surface area (Å²) < 4.78 is 16.7. The van der Waals surface area contributed by atoms with Crippen molar-refractivity contribution in [1.82, 2.24) is 0 Å². The smallest absolute Gasteiger partial charge is 0.306 e. The number of ether oxygens (including phenoxy) is 3. The molecule has 0 heterocycles. The molecule has 6 nitrogen and oxygen atoms in total. The molecule has 0 aliphatic rings. The Bertz CT molecular complexity index is 1370. The summed E-state index contributed by atoms with van der Waals surface area (Å²) in [4.78, 5) is 38.0. The van der Waals surface area contributed by atoms with Gasteiger partial charge in [0.05, 0.1) is 0 Å². The molecule has 1 atom stereocenters. The summed E-state index contributed by atoms with van der Waals surface area (Å²) in [5.74, 6) is -0.981. The van der Waals surface area contributed by atoms with Crippen LogP contribution in [-0.2, 0) is 28.6 Å². The average molecular weight is 871 g/mol. The minimum atomic E-state index is -0.810. The van der Waals surface area contributed by atoms with Gasteiger partial charge in [0.2, 0.25) is 0 Å². The van der Waals surface area contributed by atoms with Crippen molar-refractivity contribution < 1.29 is 28.6 Å². The van der Waals surface area contributed by atoms with Crippen LogP contribution in [0.1, 0.15) is 201 Å². The molecule has 0 aromatic carbocycles. The van der Waals surface area contributed by atoms with E-state index in [4.69, 9.17) is 14.2 Å². The summed E-state index contributed by atoms with van der Waals surface area (Å²) >= 11 is 0. The summed E-state index contributed by atoms with van der Waals surface area (Å²) in [5.41, 5.74) is 0. The molecule has 0 aliphatic heterocycles. The van der Waals surface area contributed by atoms with E-state index >= 15 is 0 Å². The van der Waals surface area contributed by atoms with Crippen molar-refractivity contribution in [2.24, 2.45) is 0 Å². The summed E-state index contributed by atoms with van der Waals surface area (Å²) in [5, 5.41) is 0. The predicted molar refractivity (Wildman–Crippen MR) is 269 cm³/mol. The van der Waals surface area contributed by atoms with E-state index in [1.165, 1.54) is 25.7 Å². The maximum absolute atomic E-state index is 12.8. The first kappa shape index (κ1) is 58.8. The van der Waals surface area contributed by atoms with Crippen LogP contribution in [0.5, 0.6) is 0 Å². The van der Waals surface area contributed by atoms with Crippen molar-refractivity contribution in [3.63, 3.8) is 0 Å². The fourth-order valence-corrected chi connectivity index (χ4v) is 6.36. The maximum atomic E-state index is 12.8. The van der Waals surface area contributed by atoms with E-state index < -0.39 is 6.10 Å². The Hall–Kier alpha value is -4.19. The Morgan fingerprint density at radius 2 is 0.651 bits per heavy atom. The zero-order valence-corrected chi connectivity index (χ0v) is 40.3. The third-order valence-corrected chi connectivity index (χ3v) is 10.0. The minimum absolute atomic E-state index is 0.107. The van der Waals surface area contributed by atoms with Gasteiger partial charge < -0.3 is 14.2 Å². The molecule has 0 saturated heterocycles. The number of rotatable bonds is 43. The molecule has 0 aromatic rings. The molecule has 0 amide bonds. The highest BCUT2D eigenvalue weighted by Crippen LogP contribution is 2.13. The number of hydrogen-bond acceptors (Lipinski definition) is 6. The van der Waals surface area contributed by atoms with Gasteiger partial charge in [-0.25, -0.2) is 0 Å². The van der Waals surface area contributed by atoms with Gasteiger partial charge in [-0.15, -0.1) is 0 Å². The molecule has 0 aliphatic carbocycles. The summed E-state index contributed by atoms with van der Waals surface area (Å²) in [6, 6.07) is 0. The van der Waals surface area contributed by atoms with E-state index in [2.05, 4.69) is 106 Å². The Balaban J connectivity index is 4.51. The number of unbranched alkanes of at least 4 members (excludes halogenated alkanes) is 15. The summed E-state index contributed by atoms with van der Waals surface area (Å²) in [6.07, 6.45) is 68.9. The molecular weight excluding hydrogens is 781 g/mol. The zero-order chi connectivity index (χ0) is 45.8. The molecule has 6 heteroatoms. The molecule has 354 valence electrons. The van der Waals surface area contributed by atoms with Crippen molar-refractivity contribution in [3.05, 3.63) is 122 Å². The fraction of sp³-hybridized carbons (Fsp3) is 0.596. The van der Waals surface area contributed by atoms with Gasteiger partial charge in [0.1, 0.15) is 13.2 Å². The Labute approximate surface area is 386 Å². The lowest BCUT2D eigenvalue weighted by molar-refractivity contribution is -0.167. The Morgan fingerprint density at radius 3 is 1.10 bits per heavy atom. The lowest BCUT2D eigenvalue weighted by Gasteiger charge is -2.18. The number of hydrogen-bond donors (Lipinski definition) is 0. The standard InChI is InChI=1S/C57H90O6/c1-4-7-10-13-16-19-22-25-27-29-32-35-38-41-44-47-50-56(59)62-53-54(52-61-55(58)49-46-43-40-37-34-31-24-21-18-15-12-9-6-3)63-57(60)51-48-45-42-39-36-33-30-28-26-23-20-17-14-11-8-5-2/h7-12,15-21,24-28,31,34,54H,4-6,13-14,22-23,29-30,32-33,35-53H2,1-3H3/b10-7+,11-8+,12-9+,18-15+,19-16+,20-17+,24-21+,27-25+,28-26+,34-31+. The zero-order valence-electron chi connectivity index (χ0n) is 40.3. The monoisotopic (exact) mass is 871 g/mol. The highest BCUT2D eigenvalue weighted by molar-refractivity contribution is 5.71. The quantitative estimate of drug-likeness (QED) is 0.0200. The van der Waals surface area contributed by atoms with Crippen molar-refractivity contribution in [2.45, 2.75) is 207 Å². The van der Waals surface area contributed by atoms with Gasteiger partial charge in [-0.2, -0.15) is 0 Å². The first-order chi connectivity index (χ1) is 31.0. The lowest BCUT2D eigenvalue weighted by atomic mass is 10.1. The van der Waals surface area contributed by atoms with Gasteiger partial charge >= 0.3 is 17.9 Å². The Morgan fingerprint density at radius 1 is 0.333 bits per heavy atom. The third kappa shape index (κ3) is 48.7.